The third kappa shape index (κ3) is 3.69. The number of nitrogens with one attached hydrogen (secondary N) is 1. The van der Waals surface area contributed by atoms with E-state index in [9.17, 15) is 0 Å². The Balaban J connectivity index is 1.91. The summed E-state index contributed by atoms with van der Waals surface area (Å²) in [6.45, 7) is 4.19. The van der Waals surface area contributed by atoms with Crippen molar-refractivity contribution in [2.24, 2.45) is 12.8 Å². The van der Waals surface area contributed by atoms with Crippen LogP contribution in [0.25, 0.3) is 17.2 Å². The van der Waals surface area contributed by atoms with Gasteiger partial charge in [-0.2, -0.15) is 0 Å². The molecule has 0 aliphatic heterocycles. The molecule has 0 amide bonds. The number of pyridine rings is 1. The lowest BCUT2D eigenvalue weighted by molar-refractivity contribution is 0.398. The number of hydrogen-bond donors (Lipinski definition) is 2. The molecule has 0 radical (unpaired) electrons. The van der Waals surface area contributed by atoms with Crippen LogP contribution < -0.4 is 15.4 Å². The van der Waals surface area contributed by atoms with Gasteiger partial charge < -0.3 is 20.5 Å². The third-order valence-electron chi connectivity index (χ3n) is 4.85. The lowest BCUT2D eigenvalue weighted by atomic mass is 10.0. The van der Waals surface area contributed by atoms with Crippen LogP contribution >= 0.6 is 0 Å². The standard InChI is InChI=1S/C21H27N5O/c1-6-15-11-16(17-8-10-21(27-5)23-13-17)7-9-18(15)25(3)20(22)12-19-14(2)24-26(19)4/h7-13,24H,6,22H2,1-5H3/b20-12+. The number of nitrogens with two attached hydrogens (primary N) is 1. The Hall–Kier alpha value is -3.15. The van der Waals surface area contributed by atoms with Crippen molar-refractivity contribution in [3.05, 3.63) is 59.3 Å². The first-order chi connectivity index (χ1) is 12.9. The fourth-order valence-corrected chi connectivity index (χ4v) is 3.20. The van der Waals surface area contributed by atoms with Gasteiger partial charge in [-0.25, -0.2) is 4.98 Å². The Morgan fingerprint density at radius 1 is 1.30 bits per heavy atom. The highest BCUT2D eigenvalue weighted by Gasteiger charge is 2.12. The lowest BCUT2D eigenvalue weighted by Crippen LogP contribution is -2.25. The number of ether oxygens (including phenoxy) is 1. The predicted octanol–water partition coefficient (Wildman–Crippen LogP) is 3.69. The molecule has 0 saturated heterocycles. The summed E-state index contributed by atoms with van der Waals surface area (Å²) in [5, 5.41) is 3.18. The summed E-state index contributed by atoms with van der Waals surface area (Å²) in [6, 6.07) is 10.3. The molecule has 0 atom stereocenters. The molecule has 6 nitrogen and oxygen atoms in total. The molecule has 0 bridgehead atoms. The fourth-order valence-electron chi connectivity index (χ4n) is 3.20. The molecule has 1 aromatic carbocycles. The molecule has 3 aromatic rings. The van der Waals surface area contributed by atoms with Gasteiger partial charge in [0.2, 0.25) is 5.88 Å². The van der Waals surface area contributed by atoms with E-state index in [4.69, 9.17) is 10.5 Å². The number of rotatable bonds is 6. The topological polar surface area (TPSA) is 72.1 Å². The van der Waals surface area contributed by atoms with E-state index in [0.29, 0.717) is 11.7 Å². The molecule has 0 aliphatic rings. The number of anilines is 1. The highest BCUT2D eigenvalue weighted by Crippen LogP contribution is 2.29. The second-order valence-corrected chi connectivity index (χ2v) is 6.60. The summed E-state index contributed by atoms with van der Waals surface area (Å²) in [5.41, 5.74) is 13.1. The predicted molar refractivity (Wildman–Crippen MR) is 111 cm³/mol. The minimum atomic E-state index is 0.615. The van der Waals surface area contributed by atoms with Gasteiger partial charge in [0.05, 0.1) is 18.5 Å². The number of aryl methyl sites for hydroxylation is 3. The van der Waals surface area contributed by atoms with Crippen molar-refractivity contribution < 1.29 is 4.74 Å². The largest absolute Gasteiger partial charge is 0.481 e. The highest BCUT2D eigenvalue weighted by atomic mass is 16.5. The Labute approximate surface area is 160 Å². The van der Waals surface area contributed by atoms with Crippen LogP contribution in [0.15, 0.2) is 42.3 Å². The molecule has 6 heteroatoms. The van der Waals surface area contributed by atoms with Crippen LogP contribution in [-0.2, 0) is 13.5 Å². The van der Waals surface area contributed by atoms with Crippen molar-refractivity contribution >= 4 is 11.8 Å². The van der Waals surface area contributed by atoms with Gasteiger partial charge in [-0.1, -0.05) is 13.0 Å². The first-order valence-corrected chi connectivity index (χ1v) is 9.00. The summed E-state index contributed by atoms with van der Waals surface area (Å²) in [5.74, 6) is 1.31. The zero-order chi connectivity index (χ0) is 19.6. The average Bonchev–Trinajstić information content (AvgIpc) is 2.71. The molecule has 2 aromatic heterocycles. The number of aromatic amines is 1. The van der Waals surface area contributed by atoms with Gasteiger partial charge in [0, 0.05) is 43.7 Å². The maximum Gasteiger partial charge on any atom is 0.212 e. The van der Waals surface area contributed by atoms with Gasteiger partial charge in [-0.3, -0.25) is 4.68 Å². The average molecular weight is 365 g/mol. The molecule has 3 N–H and O–H groups in total. The van der Waals surface area contributed by atoms with Gasteiger partial charge in [-0.15, -0.1) is 0 Å². The van der Waals surface area contributed by atoms with E-state index in [1.807, 2.05) is 55.0 Å². The lowest BCUT2D eigenvalue weighted by Gasteiger charge is -2.24. The molecule has 2 heterocycles. The number of methoxy groups -OCH3 is 1. The van der Waals surface area contributed by atoms with E-state index in [1.165, 1.54) is 5.56 Å². The second kappa shape index (κ2) is 7.61. The SMILES string of the molecule is CCc1cc(-c2ccc(OC)nc2)ccc1N(C)/C(N)=C/c1c(C)[nH]n1C. The fraction of sp³-hybridized carbons (Fsp3) is 0.286. The number of H-pyrrole nitrogens is 1. The number of nitrogens with zero attached hydrogens (tertiary/aromatic N) is 3. The third-order valence-corrected chi connectivity index (χ3v) is 4.85. The van der Waals surface area contributed by atoms with Crippen LogP contribution in [0.4, 0.5) is 5.69 Å². The molecule has 0 saturated carbocycles. The summed E-state index contributed by atoms with van der Waals surface area (Å²) in [4.78, 5) is 6.33. The molecule has 0 fully saturated rings. The minimum absolute atomic E-state index is 0.615. The summed E-state index contributed by atoms with van der Waals surface area (Å²) >= 11 is 0. The van der Waals surface area contributed by atoms with Crippen LogP contribution in [0, 0.1) is 6.92 Å². The molecule has 142 valence electrons. The molecular weight excluding hydrogens is 338 g/mol. The number of aromatic nitrogens is 3. The van der Waals surface area contributed by atoms with E-state index in [1.54, 1.807) is 7.11 Å². The second-order valence-electron chi connectivity index (χ2n) is 6.60. The van der Waals surface area contributed by atoms with Crippen molar-refractivity contribution in [1.82, 2.24) is 14.8 Å². The van der Waals surface area contributed by atoms with Crippen LogP contribution in [0.2, 0.25) is 0 Å². The molecule has 3 rings (SSSR count). The van der Waals surface area contributed by atoms with E-state index in [0.717, 1.165) is 34.6 Å². The van der Waals surface area contributed by atoms with Crippen molar-refractivity contribution in [2.45, 2.75) is 20.3 Å². The Bertz CT molecular complexity index is 935. The monoisotopic (exact) mass is 365 g/mol. The summed E-state index contributed by atoms with van der Waals surface area (Å²) in [7, 11) is 5.59. The van der Waals surface area contributed by atoms with Crippen LogP contribution in [-0.4, -0.2) is 28.9 Å². The summed E-state index contributed by atoms with van der Waals surface area (Å²) < 4.78 is 7.09. The quantitative estimate of drug-likeness (QED) is 0.699. The molecule has 0 spiro atoms. The number of benzene rings is 1. The van der Waals surface area contributed by atoms with Crippen LogP contribution in [0.5, 0.6) is 5.88 Å². The zero-order valence-electron chi connectivity index (χ0n) is 16.6. The summed E-state index contributed by atoms with van der Waals surface area (Å²) in [6.07, 6.45) is 4.74. The Kier molecular flexibility index (Phi) is 5.26. The van der Waals surface area contributed by atoms with E-state index in [-0.39, 0.29) is 0 Å². The minimum Gasteiger partial charge on any atom is -0.481 e. The Morgan fingerprint density at radius 2 is 2.04 bits per heavy atom. The smallest absolute Gasteiger partial charge is 0.212 e. The van der Waals surface area contributed by atoms with Crippen molar-refractivity contribution in [3.8, 4) is 17.0 Å². The molecule has 27 heavy (non-hydrogen) atoms. The Morgan fingerprint density at radius 3 is 2.59 bits per heavy atom. The van der Waals surface area contributed by atoms with Crippen molar-refractivity contribution in [1.29, 1.82) is 0 Å². The zero-order valence-corrected chi connectivity index (χ0v) is 16.6. The van der Waals surface area contributed by atoms with Gasteiger partial charge in [0.25, 0.3) is 0 Å². The van der Waals surface area contributed by atoms with E-state index in [2.05, 4.69) is 35.2 Å². The van der Waals surface area contributed by atoms with Crippen molar-refractivity contribution in [3.63, 3.8) is 0 Å². The number of hydrogen-bond acceptors (Lipinski definition) is 4. The van der Waals surface area contributed by atoms with E-state index >= 15 is 0 Å². The van der Waals surface area contributed by atoms with Gasteiger partial charge in [0.1, 0.15) is 5.82 Å². The molecular formula is C21H27N5O. The van der Waals surface area contributed by atoms with Crippen LogP contribution in [0.3, 0.4) is 0 Å². The van der Waals surface area contributed by atoms with Gasteiger partial charge in [-0.05, 0) is 42.7 Å². The maximum atomic E-state index is 6.36. The highest BCUT2D eigenvalue weighted by molar-refractivity contribution is 5.71. The maximum absolute atomic E-state index is 6.36. The van der Waals surface area contributed by atoms with Gasteiger partial charge in [0.15, 0.2) is 0 Å². The van der Waals surface area contributed by atoms with Gasteiger partial charge >= 0.3 is 0 Å². The van der Waals surface area contributed by atoms with Crippen LogP contribution in [0.1, 0.15) is 23.9 Å². The molecule has 0 unspecified atom stereocenters. The first kappa shape index (κ1) is 18.6. The molecule has 0 aliphatic carbocycles. The first-order valence-electron chi connectivity index (χ1n) is 9.00. The normalized spacial score (nSPS) is 11.7. The van der Waals surface area contributed by atoms with E-state index < -0.39 is 0 Å². The van der Waals surface area contributed by atoms with Crippen molar-refractivity contribution in [2.75, 3.05) is 19.1 Å².